The summed E-state index contributed by atoms with van der Waals surface area (Å²) in [5, 5.41) is 9.12. The highest BCUT2D eigenvalue weighted by Gasteiger charge is 2.20. The van der Waals surface area contributed by atoms with E-state index in [1.165, 1.54) is 20.3 Å². The van der Waals surface area contributed by atoms with Crippen molar-refractivity contribution < 1.29 is 28.6 Å². The van der Waals surface area contributed by atoms with Crippen molar-refractivity contribution in [2.75, 3.05) is 26.1 Å². The van der Waals surface area contributed by atoms with Gasteiger partial charge in [-0.3, -0.25) is 14.4 Å². The summed E-state index contributed by atoms with van der Waals surface area (Å²) in [6, 6.07) is 18.7. The van der Waals surface area contributed by atoms with Crippen LogP contribution in [0.1, 0.15) is 65.1 Å². The maximum atomic E-state index is 13.4. The molecule has 4 N–H and O–H groups in total. The molecule has 3 amide bonds. The molecule has 1 atom stereocenters. The number of hydrogen-bond acceptors (Lipinski definition) is 7. The number of nitrogens with one attached hydrogen (secondary N) is 4. The minimum absolute atomic E-state index is 0.106. The summed E-state index contributed by atoms with van der Waals surface area (Å²) in [5.41, 5.74) is 1.42. The number of pyridine rings is 1. The summed E-state index contributed by atoms with van der Waals surface area (Å²) in [6.07, 6.45) is -0.130. The number of hydrogen-bond donors (Lipinski definition) is 4. The van der Waals surface area contributed by atoms with Crippen molar-refractivity contribution in [3.8, 4) is 11.5 Å². The topological polar surface area (TPSA) is 148 Å². The van der Waals surface area contributed by atoms with Crippen molar-refractivity contribution in [1.29, 1.82) is 0 Å². The monoisotopic (exact) mass is 614 g/mol. The maximum absolute atomic E-state index is 13.4. The van der Waals surface area contributed by atoms with Crippen LogP contribution < -0.4 is 31.0 Å². The quantitative estimate of drug-likeness (QED) is 0.185. The molecular weight excluding hydrogens is 576 g/mol. The Kier molecular flexibility index (Phi) is 10.1. The molecule has 45 heavy (non-hydrogen) atoms. The van der Waals surface area contributed by atoms with Crippen LogP contribution >= 0.6 is 0 Å². The van der Waals surface area contributed by atoms with Crippen LogP contribution in [0.4, 0.5) is 10.5 Å². The lowest BCUT2D eigenvalue weighted by Gasteiger charge is -2.22. The van der Waals surface area contributed by atoms with Gasteiger partial charge in [-0.15, -0.1) is 0 Å². The molecule has 1 heterocycles. The van der Waals surface area contributed by atoms with E-state index < -0.39 is 29.2 Å². The van der Waals surface area contributed by atoms with Gasteiger partial charge in [0.15, 0.2) is 11.5 Å². The van der Waals surface area contributed by atoms with Gasteiger partial charge in [0, 0.05) is 29.2 Å². The Morgan fingerprint density at radius 1 is 0.889 bits per heavy atom. The number of ether oxygens (including phenoxy) is 3. The van der Waals surface area contributed by atoms with Gasteiger partial charge in [-0.25, -0.2) is 4.79 Å². The number of methoxy groups -OCH3 is 2. The lowest BCUT2D eigenvalue weighted by molar-refractivity contribution is 0.0526. The van der Waals surface area contributed by atoms with E-state index in [9.17, 15) is 19.2 Å². The third kappa shape index (κ3) is 8.41. The number of benzene rings is 3. The Bertz CT molecular complexity index is 1760. The molecule has 0 radical (unpaired) electrons. The first-order valence-electron chi connectivity index (χ1n) is 14.4. The van der Waals surface area contributed by atoms with Crippen molar-refractivity contribution >= 4 is 34.5 Å². The molecule has 0 aliphatic carbocycles. The van der Waals surface area contributed by atoms with Crippen LogP contribution in [-0.4, -0.2) is 49.3 Å². The van der Waals surface area contributed by atoms with Crippen molar-refractivity contribution in [2.24, 2.45) is 0 Å². The summed E-state index contributed by atoms with van der Waals surface area (Å²) in [5.74, 6) is -0.116. The van der Waals surface area contributed by atoms with E-state index >= 15 is 0 Å². The number of amides is 3. The first kappa shape index (κ1) is 32.6. The Labute approximate surface area is 261 Å². The fourth-order valence-corrected chi connectivity index (χ4v) is 4.67. The normalized spacial score (nSPS) is 11.8. The van der Waals surface area contributed by atoms with Crippen LogP contribution in [0.15, 0.2) is 71.5 Å². The van der Waals surface area contributed by atoms with Gasteiger partial charge in [-0.2, -0.15) is 0 Å². The molecule has 0 bridgehead atoms. The Balaban J connectivity index is 1.52. The number of aromatic amines is 1. The highest BCUT2D eigenvalue weighted by Crippen LogP contribution is 2.31. The predicted molar refractivity (Wildman–Crippen MR) is 172 cm³/mol. The second kappa shape index (κ2) is 14.0. The molecule has 0 saturated carbocycles. The van der Waals surface area contributed by atoms with E-state index in [-0.39, 0.29) is 18.0 Å². The van der Waals surface area contributed by atoms with Crippen molar-refractivity contribution in [2.45, 2.75) is 45.8 Å². The summed E-state index contributed by atoms with van der Waals surface area (Å²) in [4.78, 5) is 54.4. The van der Waals surface area contributed by atoms with E-state index in [4.69, 9.17) is 14.2 Å². The van der Waals surface area contributed by atoms with Crippen LogP contribution in [-0.2, 0) is 4.74 Å². The average Bonchev–Trinajstić information content (AvgIpc) is 3.00. The zero-order valence-corrected chi connectivity index (χ0v) is 26.2. The molecule has 4 rings (SSSR count). The Hall–Kier alpha value is -5.32. The second-order valence-corrected chi connectivity index (χ2v) is 11.4. The predicted octanol–water partition coefficient (Wildman–Crippen LogP) is 5.49. The van der Waals surface area contributed by atoms with E-state index in [0.29, 0.717) is 45.6 Å². The van der Waals surface area contributed by atoms with E-state index in [1.54, 1.807) is 58.0 Å². The number of anilines is 1. The van der Waals surface area contributed by atoms with Gasteiger partial charge in [-0.1, -0.05) is 36.4 Å². The smallest absolute Gasteiger partial charge is 0.407 e. The minimum atomic E-state index is -0.635. The molecule has 4 aromatic rings. The fraction of sp³-hybridized carbons (Fsp3) is 0.294. The molecule has 0 fully saturated rings. The Morgan fingerprint density at radius 3 is 2.24 bits per heavy atom. The number of aryl methyl sites for hydroxylation is 1. The summed E-state index contributed by atoms with van der Waals surface area (Å²) >= 11 is 0. The number of carbonyl (C=O) groups is 3. The number of carbonyl (C=O) groups excluding carboxylic acids is 3. The SMILES string of the molecule is COc1cc2cc(C(=O)Nc3cc(C(=O)N[C@@H](CCNC(=O)OC(C)(C)C)c4ccccc4)ccc3C)c(=O)[nH]c2cc1OC. The van der Waals surface area contributed by atoms with Gasteiger partial charge < -0.3 is 35.1 Å². The number of fused-ring (bicyclic) bond motifs is 1. The molecule has 1 aromatic heterocycles. The molecule has 0 spiro atoms. The van der Waals surface area contributed by atoms with Gasteiger partial charge in [0.1, 0.15) is 11.2 Å². The highest BCUT2D eigenvalue weighted by molar-refractivity contribution is 6.07. The largest absolute Gasteiger partial charge is 0.493 e. The number of rotatable bonds is 10. The van der Waals surface area contributed by atoms with Gasteiger partial charge in [0.05, 0.1) is 25.8 Å². The van der Waals surface area contributed by atoms with Gasteiger partial charge in [0.25, 0.3) is 17.4 Å². The second-order valence-electron chi connectivity index (χ2n) is 11.4. The highest BCUT2D eigenvalue weighted by atomic mass is 16.6. The zero-order chi connectivity index (χ0) is 32.7. The lowest BCUT2D eigenvalue weighted by Crippen LogP contribution is -2.35. The molecule has 11 nitrogen and oxygen atoms in total. The van der Waals surface area contributed by atoms with Crippen molar-refractivity contribution in [3.05, 3.63) is 99.3 Å². The van der Waals surface area contributed by atoms with Crippen molar-refractivity contribution in [3.63, 3.8) is 0 Å². The number of aromatic nitrogens is 1. The summed E-state index contributed by atoms with van der Waals surface area (Å²) < 4.78 is 16.0. The maximum Gasteiger partial charge on any atom is 0.407 e. The van der Waals surface area contributed by atoms with Gasteiger partial charge in [0.2, 0.25) is 0 Å². The molecule has 3 aromatic carbocycles. The number of H-pyrrole nitrogens is 1. The lowest BCUT2D eigenvalue weighted by atomic mass is 10.0. The third-order valence-electron chi connectivity index (χ3n) is 6.95. The molecule has 11 heteroatoms. The fourth-order valence-electron chi connectivity index (χ4n) is 4.67. The van der Waals surface area contributed by atoms with Crippen LogP contribution in [0, 0.1) is 6.92 Å². The summed E-state index contributed by atoms with van der Waals surface area (Å²) in [6.45, 7) is 7.41. The van der Waals surface area contributed by atoms with Crippen molar-refractivity contribution in [1.82, 2.24) is 15.6 Å². The Morgan fingerprint density at radius 2 is 1.58 bits per heavy atom. The third-order valence-corrected chi connectivity index (χ3v) is 6.95. The van der Waals surface area contributed by atoms with Gasteiger partial charge >= 0.3 is 6.09 Å². The number of alkyl carbamates (subject to hydrolysis) is 1. The standard InChI is InChI=1S/C34H38N4O7/c1-20-12-13-22(30(39)36-25(21-10-8-7-9-11-21)14-15-35-33(42)45-34(2,3)4)17-26(20)37-31(40)24-16-23-18-28(43-5)29(44-6)19-27(23)38-32(24)41/h7-13,16-19,25H,14-15H2,1-6H3,(H,35,42)(H,36,39)(H,37,40)(H,38,41)/t25-/m0/s1. The van der Waals surface area contributed by atoms with E-state index in [2.05, 4.69) is 20.9 Å². The molecule has 0 unspecified atom stereocenters. The molecule has 0 saturated heterocycles. The van der Waals surface area contributed by atoms with E-state index in [1.807, 2.05) is 30.3 Å². The first-order chi connectivity index (χ1) is 21.4. The van der Waals surface area contributed by atoms with E-state index in [0.717, 1.165) is 5.56 Å². The van der Waals surface area contributed by atoms with Gasteiger partial charge in [-0.05, 0) is 69.5 Å². The zero-order valence-electron chi connectivity index (χ0n) is 26.2. The minimum Gasteiger partial charge on any atom is -0.493 e. The van der Waals surface area contributed by atoms with Crippen LogP contribution in [0.2, 0.25) is 0 Å². The van der Waals surface area contributed by atoms with Crippen LogP contribution in [0.25, 0.3) is 10.9 Å². The average molecular weight is 615 g/mol. The van der Waals surface area contributed by atoms with Crippen LogP contribution in [0.3, 0.4) is 0 Å². The first-order valence-corrected chi connectivity index (χ1v) is 14.4. The molecular formula is C34H38N4O7. The molecule has 0 aliphatic heterocycles. The van der Waals surface area contributed by atoms with Crippen LogP contribution in [0.5, 0.6) is 11.5 Å². The molecule has 0 aliphatic rings. The molecule has 236 valence electrons. The summed E-state index contributed by atoms with van der Waals surface area (Å²) in [7, 11) is 2.99.